The third-order valence-corrected chi connectivity index (χ3v) is 3.15. The summed E-state index contributed by atoms with van der Waals surface area (Å²) in [5.74, 6) is -2.62. The molecule has 0 unspecified atom stereocenters. The quantitative estimate of drug-likeness (QED) is 0.409. The highest BCUT2D eigenvalue weighted by Gasteiger charge is 2.55. The van der Waals surface area contributed by atoms with Gasteiger partial charge in [0.25, 0.3) is 0 Å². The van der Waals surface area contributed by atoms with Crippen molar-refractivity contribution in [1.29, 1.82) is 0 Å². The Hall–Kier alpha value is -1.32. The Balaban J connectivity index is 2.45. The van der Waals surface area contributed by atoms with E-state index in [0.717, 1.165) is 12.8 Å². The lowest BCUT2D eigenvalue weighted by Gasteiger charge is -2.27. The summed E-state index contributed by atoms with van der Waals surface area (Å²) in [6.07, 6.45) is 1.74. The first-order valence-electron chi connectivity index (χ1n) is 4.73. The standard InChI is InChI=1S/C10H10O4/c11-6-5-7(12)9(14)10(8(6)13)3-1-2-4-10/h1-5H2. The number of hydrogen-bond donors (Lipinski definition) is 0. The highest BCUT2D eigenvalue weighted by molar-refractivity contribution is 6.61. The van der Waals surface area contributed by atoms with Crippen LogP contribution < -0.4 is 0 Å². The van der Waals surface area contributed by atoms with E-state index in [0.29, 0.717) is 12.8 Å². The lowest BCUT2D eigenvalue weighted by atomic mass is 9.70. The Morgan fingerprint density at radius 1 is 0.786 bits per heavy atom. The molecule has 0 aliphatic heterocycles. The van der Waals surface area contributed by atoms with Gasteiger partial charge >= 0.3 is 0 Å². The number of rotatable bonds is 0. The van der Waals surface area contributed by atoms with Crippen molar-refractivity contribution in [2.24, 2.45) is 5.41 Å². The highest BCUT2D eigenvalue weighted by Crippen LogP contribution is 2.42. The van der Waals surface area contributed by atoms with Crippen molar-refractivity contribution in [2.45, 2.75) is 32.1 Å². The second-order valence-corrected chi connectivity index (χ2v) is 3.97. The zero-order valence-corrected chi connectivity index (χ0v) is 7.67. The van der Waals surface area contributed by atoms with Gasteiger partial charge < -0.3 is 0 Å². The molecule has 2 rings (SSSR count). The van der Waals surface area contributed by atoms with Crippen molar-refractivity contribution in [3.05, 3.63) is 0 Å². The molecule has 0 N–H and O–H groups in total. The number of Topliss-reactive ketones (excluding diaryl/α,β-unsaturated/α-hetero) is 4. The van der Waals surface area contributed by atoms with E-state index in [2.05, 4.69) is 0 Å². The van der Waals surface area contributed by atoms with Crippen LogP contribution in [-0.2, 0) is 19.2 Å². The van der Waals surface area contributed by atoms with Gasteiger partial charge in [-0.3, -0.25) is 19.2 Å². The van der Waals surface area contributed by atoms with Crippen LogP contribution in [0.4, 0.5) is 0 Å². The first-order valence-corrected chi connectivity index (χ1v) is 4.73. The average molecular weight is 194 g/mol. The normalized spacial score (nSPS) is 26.3. The van der Waals surface area contributed by atoms with E-state index in [4.69, 9.17) is 0 Å². The molecule has 0 atom stereocenters. The molecule has 2 aliphatic rings. The predicted octanol–water partition coefficient (Wildman–Crippen LogP) is 0.227. The van der Waals surface area contributed by atoms with Gasteiger partial charge in [-0.1, -0.05) is 12.8 Å². The minimum absolute atomic E-state index is 0.377. The van der Waals surface area contributed by atoms with Crippen LogP contribution in [0.3, 0.4) is 0 Å². The van der Waals surface area contributed by atoms with Crippen LogP contribution in [0.2, 0.25) is 0 Å². The number of carbonyl (C=O) groups is 4. The van der Waals surface area contributed by atoms with Gasteiger partial charge in [-0.2, -0.15) is 0 Å². The van der Waals surface area contributed by atoms with Gasteiger partial charge in [0.1, 0.15) is 5.41 Å². The van der Waals surface area contributed by atoms with Crippen molar-refractivity contribution >= 4 is 23.1 Å². The fourth-order valence-electron chi connectivity index (χ4n) is 2.38. The fraction of sp³-hybridized carbons (Fsp3) is 0.600. The molecular weight excluding hydrogens is 184 g/mol. The first-order chi connectivity index (χ1) is 6.58. The number of carbonyl (C=O) groups excluding carboxylic acids is 4. The summed E-state index contributed by atoms with van der Waals surface area (Å²) in [6, 6.07) is 0. The van der Waals surface area contributed by atoms with Crippen LogP contribution in [0.5, 0.6) is 0 Å². The molecule has 0 aromatic heterocycles. The van der Waals surface area contributed by atoms with Crippen LogP contribution in [0.25, 0.3) is 0 Å². The summed E-state index contributed by atoms with van der Waals surface area (Å²) in [7, 11) is 0. The maximum absolute atomic E-state index is 11.6. The summed E-state index contributed by atoms with van der Waals surface area (Å²) in [4.78, 5) is 45.5. The van der Waals surface area contributed by atoms with Gasteiger partial charge in [0.2, 0.25) is 23.1 Å². The van der Waals surface area contributed by atoms with Gasteiger partial charge in [0, 0.05) is 0 Å². The fourth-order valence-corrected chi connectivity index (χ4v) is 2.38. The molecule has 0 saturated heterocycles. The minimum atomic E-state index is -1.24. The van der Waals surface area contributed by atoms with Gasteiger partial charge in [0.05, 0.1) is 6.42 Å². The van der Waals surface area contributed by atoms with Crippen molar-refractivity contribution < 1.29 is 19.2 Å². The van der Waals surface area contributed by atoms with E-state index in [-0.39, 0.29) is 0 Å². The summed E-state index contributed by atoms with van der Waals surface area (Å²) in [6.45, 7) is 0. The lowest BCUT2D eigenvalue weighted by Crippen LogP contribution is -2.50. The maximum atomic E-state index is 11.6. The SMILES string of the molecule is O=C1CC(=O)C(=O)C2(CCCC2)C1=O. The lowest BCUT2D eigenvalue weighted by molar-refractivity contribution is -0.157. The van der Waals surface area contributed by atoms with Gasteiger partial charge in [-0.05, 0) is 12.8 Å². The molecule has 0 aromatic rings. The van der Waals surface area contributed by atoms with Crippen LogP contribution >= 0.6 is 0 Å². The first kappa shape index (κ1) is 9.24. The smallest absolute Gasteiger partial charge is 0.212 e. The molecular formula is C10H10O4. The molecule has 2 aliphatic carbocycles. The highest BCUT2D eigenvalue weighted by atomic mass is 16.2. The zero-order chi connectivity index (χ0) is 10.3. The third-order valence-electron chi connectivity index (χ3n) is 3.15. The Bertz CT molecular complexity index is 319. The molecule has 4 heteroatoms. The summed E-state index contributed by atoms with van der Waals surface area (Å²) in [5.41, 5.74) is -1.24. The molecule has 0 aromatic carbocycles. The molecule has 0 heterocycles. The van der Waals surface area contributed by atoms with E-state index in [1.165, 1.54) is 0 Å². The monoisotopic (exact) mass is 194 g/mol. The van der Waals surface area contributed by atoms with Crippen molar-refractivity contribution in [3.63, 3.8) is 0 Å². The van der Waals surface area contributed by atoms with Gasteiger partial charge in [-0.15, -0.1) is 0 Å². The van der Waals surface area contributed by atoms with Crippen LogP contribution in [0.1, 0.15) is 32.1 Å². The molecule has 0 amide bonds. The van der Waals surface area contributed by atoms with Crippen molar-refractivity contribution in [1.82, 2.24) is 0 Å². The number of ketones is 4. The largest absolute Gasteiger partial charge is 0.290 e. The number of hydrogen-bond acceptors (Lipinski definition) is 4. The molecule has 2 fully saturated rings. The van der Waals surface area contributed by atoms with Crippen molar-refractivity contribution in [2.75, 3.05) is 0 Å². The molecule has 1 spiro atoms. The van der Waals surface area contributed by atoms with E-state index in [1.807, 2.05) is 0 Å². The maximum Gasteiger partial charge on any atom is 0.212 e. The third kappa shape index (κ3) is 0.997. The predicted molar refractivity (Wildman–Crippen MR) is 45.5 cm³/mol. The molecule has 0 radical (unpaired) electrons. The second-order valence-electron chi connectivity index (χ2n) is 3.97. The van der Waals surface area contributed by atoms with Gasteiger partial charge in [-0.25, -0.2) is 0 Å². The van der Waals surface area contributed by atoms with E-state index >= 15 is 0 Å². The van der Waals surface area contributed by atoms with E-state index in [1.54, 1.807) is 0 Å². The zero-order valence-electron chi connectivity index (χ0n) is 7.67. The Morgan fingerprint density at radius 2 is 1.21 bits per heavy atom. The van der Waals surface area contributed by atoms with E-state index in [9.17, 15) is 19.2 Å². The second kappa shape index (κ2) is 2.83. The van der Waals surface area contributed by atoms with Crippen molar-refractivity contribution in [3.8, 4) is 0 Å². The topological polar surface area (TPSA) is 68.3 Å². The van der Waals surface area contributed by atoms with Crippen LogP contribution in [-0.4, -0.2) is 23.1 Å². The molecule has 74 valence electrons. The van der Waals surface area contributed by atoms with Gasteiger partial charge in [0.15, 0.2) is 0 Å². The Kier molecular flexibility index (Phi) is 1.87. The average Bonchev–Trinajstić information content (AvgIpc) is 2.63. The Labute approximate surface area is 80.7 Å². The van der Waals surface area contributed by atoms with E-state index < -0.39 is 35.0 Å². The summed E-state index contributed by atoms with van der Waals surface area (Å²) < 4.78 is 0. The van der Waals surface area contributed by atoms with Crippen LogP contribution in [0.15, 0.2) is 0 Å². The molecule has 0 bridgehead atoms. The Morgan fingerprint density at radius 3 is 1.64 bits per heavy atom. The molecule has 14 heavy (non-hydrogen) atoms. The van der Waals surface area contributed by atoms with Crippen LogP contribution in [0, 0.1) is 5.41 Å². The molecule has 4 nitrogen and oxygen atoms in total. The summed E-state index contributed by atoms with van der Waals surface area (Å²) >= 11 is 0. The minimum Gasteiger partial charge on any atom is -0.290 e. The molecule has 2 saturated carbocycles. The summed E-state index contributed by atoms with van der Waals surface area (Å²) in [5, 5.41) is 0.